The predicted molar refractivity (Wildman–Crippen MR) is 80.9 cm³/mol. The first-order valence-electron chi connectivity index (χ1n) is 5.99. The SMILES string of the molecule is C1=Cc2ccccc2NN=C1.CCCCCBr. The number of benzene rings is 1. The van der Waals surface area contributed by atoms with Crippen molar-refractivity contribution in [3.63, 3.8) is 0 Å². The van der Waals surface area contributed by atoms with Crippen LogP contribution in [0.15, 0.2) is 35.4 Å². The highest BCUT2D eigenvalue weighted by atomic mass is 79.9. The fourth-order valence-electron chi connectivity index (χ4n) is 1.39. The van der Waals surface area contributed by atoms with Gasteiger partial charge >= 0.3 is 0 Å². The molecule has 1 aromatic rings. The molecule has 1 aliphatic rings. The molecule has 1 aromatic carbocycles. The molecule has 1 heterocycles. The van der Waals surface area contributed by atoms with E-state index >= 15 is 0 Å². The summed E-state index contributed by atoms with van der Waals surface area (Å²) in [5.41, 5.74) is 5.16. The van der Waals surface area contributed by atoms with Crippen molar-refractivity contribution in [3.05, 3.63) is 35.9 Å². The Morgan fingerprint density at radius 1 is 1.24 bits per heavy atom. The number of para-hydroxylation sites is 1. The molecule has 0 amide bonds. The number of anilines is 1. The summed E-state index contributed by atoms with van der Waals surface area (Å²) in [6.45, 7) is 2.21. The Morgan fingerprint density at radius 3 is 2.76 bits per heavy atom. The van der Waals surface area contributed by atoms with Crippen molar-refractivity contribution >= 4 is 33.9 Å². The molecule has 17 heavy (non-hydrogen) atoms. The maximum absolute atomic E-state index is 3.95. The van der Waals surface area contributed by atoms with Gasteiger partial charge in [-0.05, 0) is 24.1 Å². The number of unbranched alkanes of at least 4 members (excludes halogenated alkanes) is 2. The van der Waals surface area contributed by atoms with Gasteiger partial charge < -0.3 is 0 Å². The summed E-state index contributed by atoms with van der Waals surface area (Å²) >= 11 is 3.35. The minimum atomic E-state index is 1.05. The number of alkyl halides is 1. The first-order chi connectivity index (χ1) is 8.38. The van der Waals surface area contributed by atoms with Gasteiger partial charge in [0, 0.05) is 11.5 Å². The zero-order valence-electron chi connectivity index (χ0n) is 10.2. The summed E-state index contributed by atoms with van der Waals surface area (Å²) in [7, 11) is 0. The number of halogens is 1. The van der Waals surface area contributed by atoms with Crippen LogP contribution in [0.1, 0.15) is 31.7 Å². The van der Waals surface area contributed by atoms with Crippen LogP contribution in [-0.4, -0.2) is 11.5 Å². The lowest BCUT2D eigenvalue weighted by Gasteiger charge is -2.00. The van der Waals surface area contributed by atoms with E-state index in [4.69, 9.17) is 0 Å². The van der Waals surface area contributed by atoms with Crippen LogP contribution in [0.25, 0.3) is 6.08 Å². The largest absolute Gasteiger partial charge is 0.278 e. The summed E-state index contributed by atoms with van der Waals surface area (Å²) in [4.78, 5) is 0. The number of nitrogens with one attached hydrogen (secondary N) is 1. The lowest BCUT2D eigenvalue weighted by atomic mass is 10.2. The Labute approximate surface area is 112 Å². The molecule has 0 aliphatic carbocycles. The molecule has 2 rings (SSSR count). The quantitative estimate of drug-likeness (QED) is 0.635. The van der Waals surface area contributed by atoms with Gasteiger partial charge in [0.2, 0.25) is 0 Å². The van der Waals surface area contributed by atoms with Crippen molar-refractivity contribution in [1.82, 2.24) is 0 Å². The second-order valence-electron chi connectivity index (χ2n) is 3.73. The molecule has 0 saturated carbocycles. The van der Waals surface area contributed by atoms with Crippen LogP contribution in [0.5, 0.6) is 0 Å². The smallest absolute Gasteiger partial charge is 0.0634 e. The zero-order chi connectivity index (χ0) is 12.3. The lowest BCUT2D eigenvalue weighted by Crippen LogP contribution is -1.87. The second kappa shape index (κ2) is 8.99. The van der Waals surface area contributed by atoms with E-state index in [0.29, 0.717) is 0 Å². The van der Waals surface area contributed by atoms with E-state index in [-0.39, 0.29) is 0 Å². The Morgan fingerprint density at radius 2 is 2.06 bits per heavy atom. The van der Waals surface area contributed by atoms with Gasteiger partial charge in [-0.15, -0.1) is 0 Å². The molecule has 3 heteroatoms. The van der Waals surface area contributed by atoms with Crippen molar-refractivity contribution in [2.45, 2.75) is 26.2 Å². The Bertz CT molecular complexity index is 368. The molecule has 0 spiro atoms. The summed E-state index contributed by atoms with van der Waals surface area (Å²) in [5, 5.41) is 5.12. The Kier molecular flexibility index (Phi) is 7.39. The minimum absolute atomic E-state index is 1.05. The van der Waals surface area contributed by atoms with Crippen LogP contribution in [0, 0.1) is 0 Å². The standard InChI is InChI=1S/C9H8N2.C5H11Br/c1-2-6-9-8(4-1)5-3-7-10-11-9;1-2-3-4-5-6/h1-7,11H;2-5H2,1H3. The molecule has 0 unspecified atom stereocenters. The molecule has 0 saturated heterocycles. The van der Waals surface area contributed by atoms with Gasteiger partial charge in [-0.2, -0.15) is 5.10 Å². The van der Waals surface area contributed by atoms with Gasteiger partial charge in [-0.1, -0.05) is 60.0 Å². The number of hydrogen-bond acceptors (Lipinski definition) is 2. The third-order valence-electron chi connectivity index (χ3n) is 2.32. The van der Waals surface area contributed by atoms with Gasteiger partial charge in [-0.25, -0.2) is 0 Å². The van der Waals surface area contributed by atoms with Crippen LogP contribution < -0.4 is 5.43 Å². The van der Waals surface area contributed by atoms with Crippen LogP contribution in [0.3, 0.4) is 0 Å². The van der Waals surface area contributed by atoms with Crippen molar-refractivity contribution in [1.29, 1.82) is 0 Å². The topological polar surface area (TPSA) is 24.4 Å². The van der Waals surface area contributed by atoms with Crippen molar-refractivity contribution in [3.8, 4) is 0 Å². The molecule has 0 radical (unpaired) electrons. The highest BCUT2D eigenvalue weighted by Gasteiger charge is 1.96. The first kappa shape index (κ1) is 14.0. The van der Waals surface area contributed by atoms with Gasteiger partial charge in [0.25, 0.3) is 0 Å². The molecule has 0 bridgehead atoms. The fraction of sp³-hybridized carbons (Fsp3) is 0.357. The van der Waals surface area contributed by atoms with Crippen LogP contribution >= 0.6 is 15.9 Å². The molecule has 2 nitrogen and oxygen atoms in total. The third-order valence-corrected chi connectivity index (χ3v) is 2.88. The summed E-state index contributed by atoms with van der Waals surface area (Å²) in [5.74, 6) is 0. The molecular formula is C14H19BrN2. The highest BCUT2D eigenvalue weighted by molar-refractivity contribution is 9.09. The molecule has 0 aromatic heterocycles. The average molecular weight is 295 g/mol. The predicted octanol–water partition coefficient (Wildman–Crippen LogP) is 4.68. The molecule has 1 aliphatic heterocycles. The van der Waals surface area contributed by atoms with Crippen LogP contribution in [0.4, 0.5) is 5.69 Å². The number of fused-ring (bicyclic) bond motifs is 1. The van der Waals surface area contributed by atoms with E-state index in [1.807, 2.05) is 36.4 Å². The van der Waals surface area contributed by atoms with Gasteiger partial charge in [0.05, 0.1) is 5.69 Å². The van der Waals surface area contributed by atoms with Crippen molar-refractivity contribution < 1.29 is 0 Å². The van der Waals surface area contributed by atoms with E-state index in [0.717, 1.165) is 5.69 Å². The zero-order valence-corrected chi connectivity index (χ0v) is 11.8. The first-order valence-corrected chi connectivity index (χ1v) is 7.11. The monoisotopic (exact) mass is 294 g/mol. The Hall–Kier alpha value is -1.09. The van der Waals surface area contributed by atoms with Gasteiger partial charge in [0.15, 0.2) is 0 Å². The van der Waals surface area contributed by atoms with Gasteiger partial charge in [-0.3, -0.25) is 5.43 Å². The lowest BCUT2D eigenvalue weighted by molar-refractivity contribution is 0.781. The summed E-state index contributed by atoms with van der Waals surface area (Å²) < 4.78 is 0. The van der Waals surface area contributed by atoms with E-state index in [2.05, 4.69) is 33.4 Å². The number of hydrogen-bond donors (Lipinski definition) is 1. The molecule has 0 fully saturated rings. The maximum Gasteiger partial charge on any atom is 0.0634 e. The van der Waals surface area contributed by atoms with Crippen LogP contribution in [-0.2, 0) is 0 Å². The summed E-state index contributed by atoms with van der Waals surface area (Å²) in [6, 6.07) is 8.05. The van der Waals surface area contributed by atoms with E-state index in [1.165, 1.54) is 30.2 Å². The van der Waals surface area contributed by atoms with Crippen molar-refractivity contribution in [2.24, 2.45) is 5.10 Å². The normalized spacial score (nSPS) is 11.9. The van der Waals surface area contributed by atoms with E-state index < -0.39 is 0 Å². The highest BCUT2D eigenvalue weighted by Crippen LogP contribution is 2.17. The van der Waals surface area contributed by atoms with E-state index in [9.17, 15) is 0 Å². The Balaban J connectivity index is 0.000000209. The molecule has 92 valence electrons. The summed E-state index contributed by atoms with van der Waals surface area (Å²) in [6.07, 6.45) is 9.70. The average Bonchev–Trinajstić information content (AvgIpc) is 2.62. The second-order valence-corrected chi connectivity index (χ2v) is 4.53. The minimum Gasteiger partial charge on any atom is -0.278 e. The number of hydrazone groups is 1. The van der Waals surface area contributed by atoms with E-state index in [1.54, 1.807) is 6.21 Å². The fourth-order valence-corrected chi connectivity index (χ4v) is 1.78. The maximum atomic E-state index is 3.95. The third kappa shape index (κ3) is 5.68. The van der Waals surface area contributed by atoms with Crippen LogP contribution in [0.2, 0.25) is 0 Å². The molecule has 0 atom stereocenters. The number of nitrogens with zero attached hydrogens (tertiary/aromatic N) is 1. The van der Waals surface area contributed by atoms with Gasteiger partial charge in [0.1, 0.15) is 0 Å². The van der Waals surface area contributed by atoms with Crippen molar-refractivity contribution in [2.75, 3.05) is 10.8 Å². The molecule has 1 N–H and O–H groups in total. The number of rotatable bonds is 3. The molecular weight excluding hydrogens is 276 g/mol. The number of allylic oxidation sites excluding steroid dienone is 1.